The first-order valence-electron chi connectivity index (χ1n) is 2.39. The summed E-state index contributed by atoms with van der Waals surface area (Å²) in [6, 6.07) is 0. The molecule has 0 aromatic carbocycles. The molecule has 0 aromatic rings. The molecule has 0 saturated heterocycles. The Hall–Kier alpha value is -0.370. The number of ether oxygens (including phenoxy) is 1. The molecular formula is C5H11NO. The van der Waals surface area contributed by atoms with E-state index < -0.39 is 0 Å². The smallest absolute Gasteiger partial charge is 0.0810 e. The van der Waals surface area contributed by atoms with Crippen LogP contribution in [0.25, 0.3) is 0 Å². The lowest BCUT2D eigenvalue weighted by Crippen LogP contribution is -1.87. The fourth-order valence-corrected chi connectivity index (χ4v) is 0.256. The predicted octanol–water partition coefficient (Wildman–Crippen LogP) is 0.724. The van der Waals surface area contributed by atoms with Gasteiger partial charge in [-0.3, -0.25) is 4.99 Å². The van der Waals surface area contributed by atoms with Gasteiger partial charge in [-0.05, 0) is 6.92 Å². The minimum atomic E-state index is 0.633. The van der Waals surface area contributed by atoms with Gasteiger partial charge in [-0.25, -0.2) is 0 Å². The van der Waals surface area contributed by atoms with Gasteiger partial charge in [0.05, 0.1) is 6.61 Å². The highest BCUT2D eigenvalue weighted by Crippen LogP contribution is 1.63. The Bertz CT molecular complexity index is 52.0. The van der Waals surface area contributed by atoms with Crippen molar-refractivity contribution in [2.24, 2.45) is 4.99 Å². The average molecular weight is 101 g/mol. The van der Waals surface area contributed by atoms with Gasteiger partial charge < -0.3 is 4.74 Å². The van der Waals surface area contributed by atoms with Crippen LogP contribution in [0.3, 0.4) is 0 Å². The van der Waals surface area contributed by atoms with Crippen LogP contribution < -0.4 is 0 Å². The second kappa shape index (κ2) is 5.63. The number of nitrogens with zero attached hydrogens (tertiary/aromatic N) is 1. The van der Waals surface area contributed by atoms with Crippen LogP contribution in [0.5, 0.6) is 0 Å². The van der Waals surface area contributed by atoms with Crippen molar-refractivity contribution >= 4 is 6.21 Å². The van der Waals surface area contributed by atoms with E-state index in [1.54, 1.807) is 13.3 Å². The molecule has 0 spiro atoms. The molecule has 7 heavy (non-hydrogen) atoms. The van der Waals surface area contributed by atoms with Crippen molar-refractivity contribution < 1.29 is 4.74 Å². The molecule has 0 bridgehead atoms. The molecule has 0 aromatic heterocycles. The highest BCUT2D eigenvalue weighted by atomic mass is 16.5. The molecule has 42 valence electrons. The first-order chi connectivity index (χ1) is 3.41. The molecule has 0 rings (SSSR count). The molecule has 2 heteroatoms. The van der Waals surface area contributed by atoms with Gasteiger partial charge in [0, 0.05) is 19.9 Å². The molecule has 0 radical (unpaired) electrons. The van der Waals surface area contributed by atoms with Gasteiger partial charge >= 0.3 is 0 Å². The zero-order valence-electron chi connectivity index (χ0n) is 4.85. The molecule has 0 saturated carbocycles. The first-order valence-corrected chi connectivity index (χ1v) is 2.39. The maximum Gasteiger partial charge on any atom is 0.0810 e. The third kappa shape index (κ3) is 5.63. The van der Waals surface area contributed by atoms with Crippen molar-refractivity contribution in [1.29, 1.82) is 0 Å². The van der Waals surface area contributed by atoms with Crippen LogP contribution in [-0.4, -0.2) is 26.5 Å². The molecule has 0 aliphatic rings. The number of aliphatic imine (C=N–C) groups is 1. The summed E-state index contributed by atoms with van der Waals surface area (Å²) in [5.74, 6) is 0. The lowest BCUT2D eigenvalue weighted by molar-refractivity contribution is 0.248. The van der Waals surface area contributed by atoms with E-state index in [1.165, 1.54) is 0 Å². The fourth-order valence-electron chi connectivity index (χ4n) is 0.256. The molecule has 0 aliphatic carbocycles. The van der Waals surface area contributed by atoms with E-state index in [4.69, 9.17) is 4.74 Å². The van der Waals surface area contributed by atoms with Crippen LogP contribution >= 0.6 is 0 Å². The highest BCUT2D eigenvalue weighted by Gasteiger charge is 1.67. The van der Waals surface area contributed by atoms with E-state index in [-0.39, 0.29) is 0 Å². The molecule has 0 unspecified atom stereocenters. The van der Waals surface area contributed by atoms with Crippen molar-refractivity contribution in [3.05, 3.63) is 0 Å². The van der Waals surface area contributed by atoms with Crippen molar-refractivity contribution in [3.63, 3.8) is 0 Å². The van der Waals surface area contributed by atoms with Crippen LogP contribution in [-0.2, 0) is 4.74 Å². The third-order valence-electron chi connectivity index (χ3n) is 0.553. The standard InChI is InChI=1S/C5H11NO/c1-3-6-4-5-7-2/h4H,3,5H2,1-2H3. The molecule has 0 N–H and O–H groups in total. The Morgan fingerprint density at radius 3 is 2.86 bits per heavy atom. The molecular weight excluding hydrogens is 90.1 g/mol. The third-order valence-corrected chi connectivity index (χ3v) is 0.553. The van der Waals surface area contributed by atoms with E-state index in [9.17, 15) is 0 Å². The van der Waals surface area contributed by atoms with Gasteiger partial charge in [0.2, 0.25) is 0 Å². The van der Waals surface area contributed by atoms with Gasteiger partial charge in [0.25, 0.3) is 0 Å². The highest BCUT2D eigenvalue weighted by molar-refractivity contribution is 5.58. The minimum absolute atomic E-state index is 0.633. The Kier molecular flexibility index (Phi) is 5.33. The normalized spacial score (nSPS) is 10.6. The maximum absolute atomic E-state index is 4.69. The summed E-state index contributed by atoms with van der Waals surface area (Å²) in [4.78, 5) is 3.91. The average Bonchev–Trinajstić information content (AvgIpc) is 1.69. The lowest BCUT2D eigenvalue weighted by atomic mass is 10.7. The second-order valence-corrected chi connectivity index (χ2v) is 1.14. The number of hydrogen-bond acceptors (Lipinski definition) is 2. The van der Waals surface area contributed by atoms with Crippen molar-refractivity contribution in [3.8, 4) is 0 Å². The summed E-state index contributed by atoms with van der Waals surface area (Å²) in [5.41, 5.74) is 0. The first kappa shape index (κ1) is 6.63. The second-order valence-electron chi connectivity index (χ2n) is 1.14. The Labute approximate surface area is 44.2 Å². The topological polar surface area (TPSA) is 21.6 Å². The Balaban J connectivity index is 2.78. The van der Waals surface area contributed by atoms with Crippen LogP contribution in [0.1, 0.15) is 6.92 Å². The summed E-state index contributed by atoms with van der Waals surface area (Å²) < 4.78 is 4.69. The van der Waals surface area contributed by atoms with Gasteiger partial charge in [0.1, 0.15) is 0 Å². The van der Waals surface area contributed by atoms with Gasteiger partial charge in [0.15, 0.2) is 0 Å². The maximum atomic E-state index is 4.69. The predicted molar refractivity (Wildman–Crippen MR) is 30.9 cm³/mol. The van der Waals surface area contributed by atoms with E-state index in [1.807, 2.05) is 6.92 Å². The quantitative estimate of drug-likeness (QED) is 0.480. The van der Waals surface area contributed by atoms with Crippen LogP contribution in [0.2, 0.25) is 0 Å². The number of methoxy groups -OCH3 is 1. The molecule has 2 nitrogen and oxygen atoms in total. The summed E-state index contributed by atoms with van der Waals surface area (Å²) in [6.07, 6.45) is 1.76. The largest absolute Gasteiger partial charge is 0.379 e. The lowest BCUT2D eigenvalue weighted by Gasteiger charge is -1.83. The monoisotopic (exact) mass is 101 g/mol. The molecule has 0 heterocycles. The minimum Gasteiger partial charge on any atom is -0.379 e. The van der Waals surface area contributed by atoms with Gasteiger partial charge in [-0.2, -0.15) is 0 Å². The zero-order chi connectivity index (χ0) is 5.54. The number of hydrogen-bond donors (Lipinski definition) is 0. The molecule has 0 aliphatic heterocycles. The van der Waals surface area contributed by atoms with E-state index in [2.05, 4.69) is 4.99 Å². The summed E-state index contributed by atoms with van der Waals surface area (Å²) >= 11 is 0. The van der Waals surface area contributed by atoms with E-state index in [0.717, 1.165) is 6.54 Å². The van der Waals surface area contributed by atoms with Crippen LogP contribution in [0.4, 0.5) is 0 Å². The summed E-state index contributed by atoms with van der Waals surface area (Å²) in [7, 11) is 1.65. The fraction of sp³-hybridized carbons (Fsp3) is 0.800. The summed E-state index contributed by atoms with van der Waals surface area (Å²) in [5, 5.41) is 0. The van der Waals surface area contributed by atoms with Gasteiger partial charge in [-0.1, -0.05) is 0 Å². The molecule has 0 amide bonds. The molecule has 0 fully saturated rings. The Morgan fingerprint density at radius 1 is 1.71 bits per heavy atom. The van der Waals surface area contributed by atoms with Gasteiger partial charge in [-0.15, -0.1) is 0 Å². The SMILES string of the molecule is CCN=CCOC. The van der Waals surface area contributed by atoms with Crippen molar-refractivity contribution in [1.82, 2.24) is 0 Å². The number of rotatable bonds is 3. The molecule has 0 atom stereocenters. The van der Waals surface area contributed by atoms with Crippen molar-refractivity contribution in [2.75, 3.05) is 20.3 Å². The zero-order valence-corrected chi connectivity index (χ0v) is 4.85. The van der Waals surface area contributed by atoms with E-state index in [0.29, 0.717) is 6.61 Å². The summed E-state index contributed by atoms with van der Waals surface area (Å²) in [6.45, 7) is 3.48. The van der Waals surface area contributed by atoms with Crippen molar-refractivity contribution in [2.45, 2.75) is 6.92 Å². The van der Waals surface area contributed by atoms with E-state index >= 15 is 0 Å². The Morgan fingerprint density at radius 2 is 2.43 bits per heavy atom. The van der Waals surface area contributed by atoms with Crippen LogP contribution in [0, 0.1) is 0 Å². The van der Waals surface area contributed by atoms with Crippen LogP contribution in [0.15, 0.2) is 4.99 Å².